The van der Waals surface area contributed by atoms with E-state index in [-0.39, 0.29) is 11.7 Å². The summed E-state index contributed by atoms with van der Waals surface area (Å²) in [5.41, 5.74) is 0. The first-order valence-corrected chi connectivity index (χ1v) is 9.61. The number of halogens is 2. The summed E-state index contributed by atoms with van der Waals surface area (Å²) < 4.78 is 13.9. The number of carbonyl (C=O) groups excluding carboxylic acids is 1. The Morgan fingerprint density at radius 3 is 2.92 bits per heavy atom. The summed E-state index contributed by atoms with van der Waals surface area (Å²) in [5, 5.41) is 13.2. The first kappa shape index (κ1) is 17.3. The van der Waals surface area contributed by atoms with Gasteiger partial charge in [-0.05, 0) is 24.6 Å². The van der Waals surface area contributed by atoms with Gasteiger partial charge in [-0.1, -0.05) is 42.7 Å². The molecule has 3 aromatic rings. The van der Waals surface area contributed by atoms with Gasteiger partial charge in [0, 0.05) is 16.5 Å². The highest BCUT2D eigenvalue weighted by molar-refractivity contribution is 7.22. The van der Waals surface area contributed by atoms with Crippen molar-refractivity contribution in [1.82, 2.24) is 10.2 Å². The maximum Gasteiger partial charge on any atom is 0.269 e. The summed E-state index contributed by atoms with van der Waals surface area (Å²) in [6, 6.07) is 4.28. The molecule has 3 rings (SSSR count). The van der Waals surface area contributed by atoms with Crippen molar-refractivity contribution in [2.75, 3.05) is 5.32 Å². The zero-order valence-corrected chi connectivity index (χ0v) is 15.3. The fraction of sp³-hybridized carbons (Fsp3) is 0.312. The molecular formula is C16H15ClFN3OS2. The normalized spacial score (nSPS) is 11.1. The second-order valence-corrected chi connectivity index (χ2v) is 7.79. The highest BCUT2D eigenvalue weighted by Crippen LogP contribution is 2.36. The lowest BCUT2D eigenvalue weighted by atomic mass is 10.2. The molecule has 0 radical (unpaired) electrons. The van der Waals surface area contributed by atoms with E-state index in [1.165, 1.54) is 23.5 Å². The monoisotopic (exact) mass is 383 g/mol. The Labute approximate surface area is 151 Å². The van der Waals surface area contributed by atoms with E-state index in [4.69, 9.17) is 11.6 Å². The predicted octanol–water partition coefficient (Wildman–Crippen LogP) is 5.53. The van der Waals surface area contributed by atoms with E-state index in [1.54, 1.807) is 6.07 Å². The molecule has 126 valence electrons. The Morgan fingerprint density at radius 2 is 2.12 bits per heavy atom. The van der Waals surface area contributed by atoms with Crippen LogP contribution < -0.4 is 5.32 Å². The lowest BCUT2D eigenvalue weighted by Crippen LogP contribution is -2.10. The van der Waals surface area contributed by atoms with Crippen LogP contribution in [-0.2, 0) is 6.42 Å². The Balaban J connectivity index is 1.74. The fourth-order valence-electron chi connectivity index (χ4n) is 2.27. The average Bonchev–Trinajstić information content (AvgIpc) is 3.12. The number of aryl methyl sites for hydroxylation is 1. The Kier molecular flexibility index (Phi) is 5.43. The largest absolute Gasteiger partial charge is 0.296 e. The van der Waals surface area contributed by atoms with Gasteiger partial charge in [-0.2, -0.15) is 0 Å². The van der Waals surface area contributed by atoms with Gasteiger partial charge < -0.3 is 0 Å². The standard InChI is InChI=1S/C16H15ClFN3OS2/c1-2-3-4-5-12-20-21-16(24-12)19-15(22)14-13(17)10-7-6-9(18)8-11(10)23-14/h6-8H,2-5H2,1H3,(H,19,21,22). The number of benzene rings is 1. The highest BCUT2D eigenvalue weighted by Gasteiger charge is 2.19. The minimum atomic E-state index is -0.354. The molecule has 4 nitrogen and oxygen atoms in total. The van der Waals surface area contributed by atoms with Crippen molar-refractivity contribution in [1.29, 1.82) is 0 Å². The van der Waals surface area contributed by atoms with Crippen molar-refractivity contribution in [3.8, 4) is 0 Å². The second kappa shape index (κ2) is 7.55. The van der Waals surface area contributed by atoms with Gasteiger partial charge in [0.15, 0.2) is 0 Å². The number of amides is 1. The molecule has 8 heteroatoms. The van der Waals surface area contributed by atoms with Crippen LogP contribution in [0.25, 0.3) is 10.1 Å². The van der Waals surface area contributed by atoms with E-state index in [0.29, 0.717) is 25.1 Å². The lowest BCUT2D eigenvalue weighted by Gasteiger charge is -1.98. The van der Waals surface area contributed by atoms with E-state index >= 15 is 0 Å². The zero-order chi connectivity index (χ0) is 17.1. The number of thiophene rings is 1. The number of anilines is 1. The van der Waals surface area contributed by atoms with Crippen LogP contribution >= 0.6 is 34.3 Å². The number of hydrogen-bond acceptors (Lipinski definition) is 5. The molecule has 24 heavy (non-hydrogen) atoms. The number of fused-ring (bicyclic) bond motifs is 1. The van der Waals surface area contributed by atoms with Crippen molar-refractivity contribution >= 4 is 55.4 Å². The first-order valence-electron chi connectivity index (χ1n) is 7.59. The van der Waals surface area contributed by atoms with Gasteiger partial charge in [0.05, 0.1) is 5.02 Å². The summed E-state index contributed by atoms with van der Waals surface area (Å²) in [5.74, 6) is -0.703. The molecule has 1 amide bonds. The van der Waals surface area contributed by atoms with Crippen molar-refractivity contribution in [2.24, 2.45) is 0 Å². The SMILES string of the molecule is CCCCCc1nnc(NC(=O)c2sc3cc(F)ccc3c2Cl)s1. The van der Waals surface area contributed by atoms with Crippen LogP contribution in [0.5, 0.6) is 0 Å². The number of unbranched alkanes of at least 4 members (excludes halogenated alkanes) is 2. The van der Waals surface area contributed by atoms with E-state index < -0.39 is 0 Å². The molecule has 1 aromatic carbocycles. The fourth-order valence-corrected chi connectivity index (χ4v) is 4.48. The number of aromatic nitrogens is 2. The van der Waals surface area contributed by atoms with Gasteiger partial charge in [0.2, 0.25) is 5.13 Å². The van der Waals surface area contributed by atoms with E-state index in [1.807, 2.05) is 0 Å². The summed E-state index contributed by atoms with van der Waals surface area (Å²) in [7, 11) is 0. The third kappa shape index (κ3) is 3.74. The number of nitrogens with one attached hydrogen (secondary N) is 1. The van der Waals surface area contributed by atoms with Crippen molar-refractivity contribution < 1.29 is 9.18 Å². The molecule has 0 unspecified atom stereocenters. The van der Waals surface area contributed by atoms with Crippen LogP contribution in [0.4, 0.5) is 9.52 Å². The Bertz CT molecular complexity index is 877. The molecule has 1 N–H and O–H groups in total. The summed E-state index contributed by atoms with van der Waals surface area (Å²) >= 11 is 8.79. The van der Waals surface area contributed by atoms with Crippen LogP contribution in [0.2, 0.25) is 5.02 Å². The molecule has 0 saturated heterocycles. The molecule has 0 aliphatic heterocycles. The average molecular weight is 384 g/mol. The first-order chi connectivity index (χ1) is 11.6. The Morgan fingerprint density at radius 1 is 1.29 bits per heavy atom. The molecule has 0 atom stereocenters. The zero-order valence-electron chi connectivity index (χ0n) is 12.9. The quantitative estimate of drug-likeness (QED) is 0.569. The minimum Gasteiger partial charge on any atom is -0.296 e. The molecular weight excluding hydrogens is 369 g/mol. The summed E-state index contributed by atoms with van der Waals surface area (Å²) in [6.45, 7) is 2.15. The molecule has 0 aliphatic rings. The van der Waals surface area contributed by atoms with Crippen LogP contribution in [0, 0.1) is 5.82 Å². The maximum absolute atomic E-state index is 13.3. The smallest absolute Gasteiger partial charge is 0.269 e. The second-order valence-electron chi connectivity index (χ2n) is 5.30. The van der Waals surface area contributed by atoms with Crippen LogP contribution in [-0.4, -0.2) is 16.1 Å². The van der Waals surface area contributed by atoms with Crippen molar-refractivity contribution in [2.45, 2.75) is 32.6 Å². The maximum atomic E-state index is 13.3. The van der Waals surface area contributed by atoms with Crippen LogP contribution in [0.3, 0.4) is 0 Å². The number of nitrogens with zero attached hydrogens (tertiary/aromatic N) is 2. The molecule has 0 aliphatic carbocycles. The van der Waals surface area contributed by atoms with E-state index in [0.717, 1.165) is 42.0 Å². The summed E-state index contributed by atoms with van der Waals surface area (Å²) in [4.78, 5) is 12.8. The third-order valence-corrected chi connectivity index (χ3v) is 6.03. The molecule has 0 spiro atoms. The minimum absolute atomic E-state index is 0.334. The summed E-state index contributed by atoms with van der Waals surface area (Å²) in [6.07, 6.45) is 4.22. The number of rotatable bonds is 6. The van der Waals surface area contributed by atoms with Crippen LogP contribution in [0.15, 0.2) is 18.2 Å². The van der Waals surface area contributed by atoms with E-state index in [9.17, 15) is 9.18 Å². The van der Waals surface area contributed by atoms with Gasteiger partial charge in [-0.25, -0.2) is 4.39 Å². The van der Waals surface area contributed by atoms with Crippen molar-refractivity contribution in [3.05, 3.63) is 38.9 Å². The van der Waals surface area contributed by atoms with Crippen molar-refractivity contribution in [3.63, 3.8) is 0 Å². The predicted molar refractivity (Wildman–Crippen MR) is 97.9 cm³/mol. The number of hydrogen-bond donors (Lipinski definition) is 1. The Hall–Kier alpha value is -1.57. The molecule has 0 bridgehead atoms. The third-order valence-electron chi connectivity index (χ3n) is 3.48. The van der Waals surface area contributed by atoms with Gasteiger partial charge in [-0.3, -0.25) is 10.1 Å². The lowest BCUT2D eigenvalue weighted by molar-refractivity contribution is 0.103. The molecule has 2 heterocycles. The van der Waals surface area contributed by atoms with Gasteiger partial charge >= 0.3 is 0 Å². The topological polar surface area (TPSA) is 54.9 Å². The molecule has 0 fully saturated rings. The van der Waals surface area contributed by atoms with Crippen LogP contribution in [0.1, 0.15) is 40.9 Å². The molecule has 2 aromatic heterocycles. The highest BCUT2D eigenvalue weighted by atomic mass is 35.5. The van der Waals surface area contributed by atoms with Gasteiger partial charge in [0.25, 0.3) is 5.91 Å². The molecule has 0 saturated carbocycles. The van der Waals surface area contributed by atoms with Gasteiger partial charge in [0.1, 0.15) is 15.7 Å². The number of carbonyl (C=O) groups is 1. The van der Waals surface area contributed by atoms with E-state index in [2.05, 4.69) is 22.4 Å². The van der Waals surface area contributed by atoms with Gasteiger partial charge in [-0.15, -0.1) is 21.5 Å².